The number of nitro groups is 1. The van der Waals surface area contributed by atoms with E-state index in [1.165, 1.54) is 0 Å². The average molecular weight is 326 g/mol. The molecule has 0 saturated carbocycles. The number of hydrogen-bond acceptors (Lipinski definition) is 5. The van der Waals surface area contributed by atoms with E-state index in [1.54, 1.807) is 6.07 Å². The van der Waals surface area contributed by atoms with E-state index < -0.39 is 0 Å². The fourth-order valence-electron chi connectivity index (χ4n) is 2.88. The Morgan fingerprint density at radius 2 is 1.79 bits per heavy atom. The third kappa shape index (κ3) is 3.83. The third-order valence-corrected chi connectivity index (χ3v) is 4.37. The Bertz CT molecular complexity index is 697. The zero-order valence-corrected chi connectivity index (χ0v) is 13.8. The number of nitrogens with one attached hydrogen (secondary N) is 1. The van der Waals surface area contributed by atoms with Crippen LogP contribution in [-0.4, -0.2) is 43.0 Å². The predicted molar refractivity (Wildman–Crippen MR) is 96.6 cm³/mol. The van der Waals surface area contributed by atoms with Crippen molar-refractivity contribution in [3.63, 3.8) is 0 Å². The van der Waals surface area contributed by atoms with Crippen LogP contribution in [0.4, 0.5) is 17.1 Å². The first-order valence-corrected chi connectivity index (χ1v) is 8.13. The lowest BCUT2D eigenvalue weighted by molar-refractivity contribution is -0.384. The minimum atomic E-state index is -0.332. The van der Waals surface area contributed by atoms with Crippen molar-refractivity contribution in [1.29, 1.82) is 0 Å². The Labute approximate surface area is 141 Å². The summed E-state index contributed by atoms with van der Waals surface area (Å²) in [4.78, 5) is 15.5. The van der Waals surface area contributed by atoms with E-state index in [0.717, 1.165) is 37.4 Å². The molecular weight excluding hydrogens is 304 g/mol. The quantitative estimate of drug-likeness (QED) is 0.676. The first kappa shape index (κ1) is 16.3. The topological polar surface area (TPSA) is 61.7 Å². The highest BCUT2D eigenvalue weighted by molar-refractivity contribution is 5.69. The van der Waals surface area contributed by atoms with Crippen molar-refractivity contribution in [2.24, 2.45) is 0 Å². The highest BCUT2D eigenvalue weighted by atomic mass is 16.6. The van der Waals surface area contributed by atoms with Gasteiger partial charge in [-0.25, -0.2) is 0 Å². The second-order valence-corrected chi connectivity index (χ2v) is 6.09. The van der Waals surface area contributed by atoms with Crippen LogP contribution in [0.5, 0.6) is 0 Å². The van der Waals surface area contributed by atoms with E-state index in [1.807, 2.05) is 42.5 Å². The van der Waals surface area contributed by atoms with Crippen LogP contribution in [0, 0.1) is 10.1 Å². The summed E-state index contributed by atoms with van der Waals surface area (Å²) in [7, 11) is 2.11. The molecule has 0 atom stereocenters. The summed E-state index contributed by atoms with van der Waals surface area (Å²) in [6.45, 7) is 4.44. The summed E-state index contributed by atoms with van der Waals surface area (Å²) in [6, 6.07) is 15.2. The van der Waals surface area contributed by atoms with Crippen LogP contribution >= 0.6 is 0 Å². The Morgan fingerprint density at radius 1 is 1.08 bits per heavy atom. The molecule has 0 aromatic heterocycles. The summed E-state index contributed by atoms with van der Waals surface area (Å²) in [5.74, 6) is 0. The van der Waals surface area contributed by atoms with E-state index >= 15 is 0 Å². The number of nitro benzene ring substituents is 1. The molecule has 0 amide bonds. The van der Waals surface area contributed by atoms with Gasteiger partial charge in [0.05, 0.1) is 4.92 Å². The lowest BCUT2D eigenvalue weighted by Crippen LogP contribution is -2.44. The first-order valence-electron chi connectivity index (χ1n) is 8.13. The molecule has 1 aliphatic rings. The molecule has 0 bridgehead atoms. The van der Waals surface area contributed by atoms with E-state index in [2.05, 4.69) is 22.2 Å². The molecule has 6 heteroatoms. The lowest BCUT2D eigenvalue weighted by atomic mass is 10.2. The maximum absolute atomic E-state index is 11.3. The lowest BCUT2D eigenvalue weighted by Gasteiger charge is -2.34. The predicted octanol–water partition coefficient (Wildman–Crippen LogP) is 2.96. The highest BCUT2D eigenvalue weighted by Gasteiger charge is 2.19. The minimum absolute atomic E-state index is 0.115. The molecule has 1 heterocycles. The van der Waals surface area contributed by atoms with Gasteiger partial charge in [-0.2, -0.15) is 0 Å². The fourth-order valence-corrected chi connectivity index (χ4v) is 2.88. The molecule has 2 aromatic carbocycles. The van der Waals surface area contributed by atoms with Crippen molar-refractivity contribution < 1.29 is 4.92 Å². The number of anilines is 2. The van der Waals surface area contributed by atoms with Crippen LogP contribution in [0.25, 0.3) is 0 Å². The van der Waals surface area contributed by atoms with Gasteiger partial charge in [0.1, 0.15) is 5.69 Å². The fraction of sp³-hybridized carbons (Fsp3) is 0.333. The molecule has 6 nitrogen and oxygen atoms in total. The molecule has 0 aliphatic carbocycles. The van der Waals surface area contributed by atoms with Gasteiger partial charge in [-0.15, -0.1) is 0 Å². The standard InChI is InChI=1S/C18H22N4O2/c1-20-9-11-21(12-10-20)16-7-8-18(22(23)24)17(13-16)19-14-15-5-3-2-4-6-15/h2-8,13,19H,9-12,14H2,1H3. The molecule has 126 valence electrons. The molecule has 0 spiro atoms. The Kier molecular flexibility index (Phi) is 4.96. The van der Waals surface area contributed by atoms with Gasteiger partial charge in [-0.3, -0.25) is 10.1 Å². The Morgan fingerprint density at radius 3 is 2.46 bits per heavy atom. The average Bonchev–Trinajstić information content (AvgIpc) is 2.61. The van der Waals surface area contributed by atoms with Gasteiger partial charge < -0.3 is 15.1 Å². The van der Waals surface area contributed by atoms with Crippen molar-refractivity contribution in [3.8, 4) is 0 Å². The second kappa shape index (κ2) is 7.31. The van der Waals surface area contributed by atoms with E-state index in [-0.39, 0.29) is 10.6 Å². The number of nitrogens with zero attached hydrogens (tertiary/aromatic N) is 3. The molecule has 2 aromatic rings. The maximum atomic E-state index is 11.3. The van der Waals surface area contributed by atoms with Crippen LogP contribution in [0.3, 0.4) is 0 Å². The SMILES string of the molecule is CN1CCN(c2ccc([N+](=O)[O-])c(NCc3ccccc3)c2)CC1. The smallest absolute Gasteiger partial charge is 0.292 e. The van der Waals surface area contributed by atoms with Gasteiger partial charge in [-0.05, 0) is 24.7 Å². The van der Waals surface area contributed by atoms with Crippen LogP contribution in [0.2, 0.25) is 0 Å². The number of benzene rings is 2. The number of rotatable bonds is 5. The molecule has 3 rings (SSSR count). The number of likely N-dealkylation sites (N-methyl/N-ethyl adjacent to an activating group) is 1. The monoisotopic (exact) mass is 326 g/mol. The summed E-state index contributed by atoms with van der Waals surface area (Å²) < 4.78 is 0. The normalized spacial score (nSPS) is 15.3. The molecule has 0 radical (unpaired) electrons. The molecule has 1 aliphatic heterocycles. The van der Waals surface area contributed by atoms with Crippen molar-refractivity contribution in [2.75, 3.05) is 43.4 Å². The summed E-state index contributed by atoms with van der Waals surface area (Å²) >= 11 is 0. The number of hydrogen-bond donors (Lipinski definition) is 1. The van der Waals surface area contributed by atoms with Crippen LogP contribution in [0.1, 0.15) is 5.56 Å². The van der Waals surface area contributed by atoms with E-state index in [9.17, 15) is 10.1 Å². The zero-order valence-electron chi connectivity index (χ0n) is 13.8. The van der Waals surface area contributed by atoms with Gasteiger partial charge in [0.2, 0.25) is 0 Å². The largest absolute Gasteiger partial charge is 0.375 e. The van der Waals surface area contributed by atoms with Gasteiger partial charge in [0.15, 0.2) is 0 Å². The van der Waals surface area contributed by atoms with Gasteiger partial charge >= 0.3 is 0 Å². The van der Waals surface area contributed by atoms with E-state index in [0.29, 0.717) is 12.2 Å². The van der Waals surface area contributed by atoms with Crippen LogP contribution in [-0.2, 0) is 6.54 Å². The van der Waals surface area contributed by atoms with Crippen molar-refractivity contribution in [3.05, 3.63) is 64.2 Å². The summed E-state index contributed by atoms with van der Waals surface area (Å²) in [5.41, 5.74) is 2.81. The molecule has 1 saturated heterocycles. The maximum Gasteiger partial charge on any atom is 0.292 e. The Balaban J connectivity index is 1.79. The van der Waals surface area contributed by atoms with Crippen molar-refractivity contribution in [2.45, 2.75) is 6.54 Å². The third-order valence-electron chi connectivity index (χ3n) is 4.37. The van der Waals surface area contributed by atoms with Crippen molar-refractivity contribution >= 4 is 17.1 Å². The molecule has 1 fully saturated rings. The molecule has 0 unspecified atom stereocenters. The van der Waals surface area contributed by atoms with Gasteiger partial charge in [0.25, 0.3) is 5.69 Å². The number of piperazine rings is 1. The molecule has 1 N–H and O–H groups in total. The minimum Gasteiger partial charge on any atom is -0.375 e. The summed E-state index contributed by atoms with van der Waals surface area (Å²) in [6.07, 6.45) is 0. The summed E-state index contributed by atoms with van der Waals surface area (Å²) in [5, 5.41) is 14.5. The Hall–Kier alpha value is -2.60. The molecule has 24 heavy (non-hydrogen) atoms. The van der Waals surface area contributed by atoms with E-state index in [4.69, 9.17) is 0 Å². The second-order valence-electron chi connectivity index (χ2n) is 6.09. The highest BCUT2D eigenvalue weighted by Crippen LogP contribution is 2.30. The zero-order chi connectivity index (χ0) is 16.9. The van der Waals surface area contributed by atoms with Crippen molar-refractivity contribution in [1.82, 2.24) is 4.90 Å². The van der Waals surface area contributed by atoms with Crippen LogP contribution in [0.15, 0.2) is 48.5 Å². The first-order chi connectivity index (χ1) is 11.6. The van der Waals surface area contributed by atoms with Crippen LogP contribution < -0.4 is 10.2 Å². The van der Waals surface area contributed by atoms with Gasteiger partial charge in [-0.1, -0.05) is 30.3 Å². The van der Waals surface area contributed by atoms with Gasteiger partial charge in [0, 0.05) is 44.5 Å². The molecular formula is C18H22N4O2.